The SMILES string of the molecule is NCCc1ccc(O)c(Oc2cc(O)c(O)cc2CCN)c1. The fourth-order valence-corrected chi connectivity index (χ4v) is 2.13. The van der Waals surface area contributed by atoms with E-state index >= 15 is 0 Å². The van der Waals surface area contributed by atoms with Crippen LogP contribution in [0.15, 0.2) is 30.3 Å². The molecule has 0 saturated heterocycles. The number of ether oxygens (including phenoxy) is 1. The third-order valence-electron chi connectivity index (χ3n) is 3.25. The highest BCUT2D eigenvalue weighted by Crippen LogP contribution is 2.38. The van der Waals surface area contributed by atoms with E-state index in [-0.39, 0.29) is 23.0 Å². The van der Waals surface area contributed by atoms with Crippen LogP contribution < -0.4 is 16.2 Å². The van der Waals surface area contributed by atoms with Gasteiger partial charge in [0.1, 0.15) is 5.75 Å². The maximum absolute atomic E-state index is 9.92. The molecule has 2 rings (SSSR count). The highest BCUT2D eigenvalue weighted by atomic mass is 16.5. The molecule has 2 aromatic rings. The van der Waals surface area contributed by atoms with Gasteiger partial charge in [0.05, 0.1) is 0 Å². The van der Waals surface area contributed by atoms with Crippen molar-refractivity contribution < 1.29 is 20.1 Å². The quantitative estimate of drug-likeness (QED) is 0.517. The molecule has 22 heavy (non-hydrogen) atoms. The summed E-state index contributed by atoms with van der Waals surface area (Å²) >= 11 is 0. The zero-order chi connectivity index (χ0) is 16.1. The van der Waals surface area contributed by atoms with Gasteiger partial charge in [0, 0.05) is 6.07 Å². The summed E-state index contributed by atoms with van der Waals surface area (Å²) in [5.41, 5.74) is 12.6. The summed E-state index contributed by atoms with van der Waals surface area (Å²) in [4.78, 5) is 0. The number of hydrogen-bond donors (Lipinski definition) is 5. The van der Waals surface area contributed by atoms with Crippen molar-refractivity contribution in [2.45, 2.75) is 12.8 Å². The molecule has 7 N–H and O–H groups in total. The van der Waals surface area contributed by atoms with Gasteiger partial charge in [-0.25, -0.2) is 0 Å². The third kappa shape index (κ3) is 3.60. The Hall–Kier alpha value is -2.44. The molecule has 0 atom stereocenters. The summed E-state index contributed by atoms with van der Waals surface area (Å²) in [5.74, 6) is 0.0348. The van der Waals surface area contributed by atoms with Crippen LogP contribution in [0.3, 0.4) is 0 Å². The van der Waals surface area contributed by atoms with Crippen LogP contribution in [0.25, 0.3) is 0 Å². The van der Waals surface area contributed by atoms with Gasteiger partial charge in [0.2, 0.25) is 0 Å². The lowest BCUT2D eigenvalue weighted by molar-refractivity contribution is 0.388. The Balaban J connectivity index is 2.37. The zero-order valence-electron chi connectivity index (χ0n) is 12.1. The van der Waals surface area contributed by atoms with Gasteiger partial charge in [-0.05, 0) is 55.3 Å². The number of benzene rings is 2. The van der Waals surface area contributed by atoms with Gasteiger partial charge in [0.25, 0.3) is 0 Å². The van der Waals surface area contributed by atoms with E-state index in [9.17, 15) is 15.3 Å². The molecular formula is C16H20N2O4. The molecule has 0 amide bonds. The lowest BCUT2D eigenvalue weighted by Gasteiger charge is -2.14. The number of hydrogen-bond acceptors (Lipinski definition) is 6. The smallest absolute Gasteiger partial charge is 0.169 e. The molecule has 6 heteroatoms. The van der Waals surface area contributed by atoms with E-state index in [0.717, 1.165) is 5.56 Å². The molecule has 0 heterocycles. The predicted octanol–water partition coefficient (Wildman–Crippen LogP) is 1.60. The molecule has 0 radical (unpaired) electrons. The van der Waals surface area contributed by atoms with Gasteiger partial charge in [-0.15, -0.1) is 0 Å². The molecule has 0 unspecified atom stereocenters. The highest BCUT2D eigenvalue weighted by molar-refractivity contribution is 5.52. The Labute approximate surface area is 128 Å². The van der Waals surface area contributed by atoms with Crippen molar-refractivity contribution in [3.63, 3.8) is 0 Å². The average molecular weight is 304 g/mol. The summed E-state index contributed by atoms with van der Waals surface area (Å²) in [6.45, 7) is 0.850. The first-order chi connectivity index (χ1) is 10.5. The molecule has 0 aromatic heterocycles. The molecule has 0 aliphatic carbocycles. The summed E-state index contributed by atoms with van der Waals surface area (Å²) in [6.07, 6.45) is 1.12. The van der Waals surface area contributed by atoms with Crippen LogP contribution in [0, 0.1) is 0 Å². The monoisotopic (exact) mass is 304 g/mol. The van der Waals surface area contributed by atoms with Crippen LogP contribution in [0.2, 0.25) is 0 Å². The van der Waals surface area contributed by atoms with Crippen molar-refractivity contribution in [2.75, 3.05) is 13.1 Å². The van der Waals surface area contributed by atoms with Crippen molar-refractivity contribution >= 4 is 0 Å². The van der Waals surface area contributed by atoms with Crippen LogP contribution in [0.1, 0.15) is 11.1 Å². The Bertz CT molecular complexity index is 659. The van der Waals surface area contributed by atoms with Gasteiger partial charge in [-0.1, -0.05) is 6.07 Å². The second kappa shape index (κ2) is 7.02. The molecule has 118 valence electrons. The van der Waals surface area contributed by atoms with E-state index in [1.54, 1.807) is 12.1 Å². The minimum atomic E-state index is -0.298. The molecular weight excluding hydrogens is 284 g/mol. The Morgan fingerprint density at radius 2 is 1.45 bits per heavy atom. The Morgan fingerprint density at radius 3 is 2.14 bits per heavy atom. The largest absolute Gasteiger partial charge is 0.504 e. The number of nitrogens with two attached hydrogens (primary N) is 2. The van der Waals surface area contributed by atoms with Gasteiger partial charge in [-0.2, -0.15) is 0 Å². The Kier molecular flexibility index (Phi) is 5.08. The normalized spacial score (nSPS) is 10.6. The van der Waals surface area contributed by atoms with Crippen LogP contribution in [0.5, 0.6) is 28.7 Å². The van der Waals surface area contributed by atoms with E-state index in [0.29, 0.717) is 37.2 Å². The van der Waals surface area contributed by atoms with E-state index < -0.39 is 0 Å². The van der Waals surface area contributed by atoms with E-state index in [1.165, 1.54) is 18.2 Å². The third-order valence-corrected chi connectivity index (χ3v) is 3.25. The topological polar surface area (TPSA) is 122 Å². The maximum Gasteiger partial charge on any atom is 0.169 e. The summed E-state index contributed by atoms with van der Waals surface area (Å²) in [5, 5.41) is 29.1. The molecule has 0 fully saturated rings. The lowest BCUT2D eigenvalue weighted by atomic mass is 10.1. The van der Waals surface area contributed by atoms with Gasteiger partial charge >= 0.3 is 0 Å². The second-order valence-electron chi connectivity index (χ2n) is 4.93. The van der Waals surface area contributed by atoms with Gasteiger partial charge in [-0.3, -0.25) is 0 Å². The first-order valence-corrected chi connectivity index (χ1v) is 7.00. The lowest BCUT2D eigenvalue weighted by Crippen LogP contribution is -2.04. The van der Waals surface area contributed by atoms with Crippen LogP contribution in [-0.2, 0) is 12.8 Å². The molecule has 2 aromatic carbocycles. The van der Waals surface area contributed by atoms with E-state index in [1.807, 2.05) is 0 Å². The fourth-order valence-electron chi connectivity index (χ4n) is 2.13. The number of phenols is 3. The number of aromatic hydroxyl groups is 3. The molecule has 0 bridgehead atoms. The molecule has 0 aliphatic rings. The van der Waals surface area contributed by atoms with Gasteiger partial charge < -0.3 is 31.5 Å². The van der Waals surface area contributed by atoms with Crippen molar-refractivity contribution in [1.29, 1.82) is 0 Å². The Morgan fingerprint density at radius 1 is 0.773 bits per heavy atom. The van der Waals surface area contributed by atoms with E-state index in [2.05, 4.69) is 0 Å². The first kappa shape index (κ1) is 15.9. The number of rotatable bonds is 6. The summed E-state index contributed by atoms with van der Waals surface area (Å²) < 4.78 is 5.70. The second-order valence-corrected chi connectivity index (χ2v) is 4.93. The molecule has 0 saturated carbocycles. The van der Waals surface area contributed by atoms with Crippen LogP contribution >= 0.6 is 0 Å². The van der Waals surface area contributed by atoms with E-state index in [4.69, 9.17) is 16.2 Å². The average Bonchev–Trinajstić information content (AvgIpc) is 2.48. The number of phenolic OH excluding ortho intramolecular Hbond substituents is 3. The van der Waals surface area contributed by atoms with Crippen LogP contribution in [0.4, 0.5) is 0 Å². The van der Waals surface area contributed by atoms with Crippen molar-refractivity contribution in [3.8, 4) is 28.7 Å². The standard InChI is InChI=1S/C16H20N2O4/c17-5-3-10-1-2-12(19)16(7-10)22-15-9-14(21)13(20)8-11(15)4-6-18/h1-2,7-9,19-21H,3-6,17-18H2. The predicted molar refractivity (Wildman–Crippen MR) is 83.5 cm³/mol. The molecule has 6 nitrogen and oxygen atoms in total. The molecule has 0 spiro atoms. The summed E-state index contributed by atoms with van der Waals surface area (Å²) in [7, 11) is 0. The maximum atomic E-state index is 9.92. The molecule has 0 aliphatic heterocycles. The fraction of sp³-hybridized carbons (Fsp3) is 0.250. The van der Waals surface area contributed by atoms with Crippen LogP contribution in [-0.4, -0.2) is 28.4 Å². The minimum absolute atomic E-state index is 0.0213. The van der Waals surface area contributed by atoms with Gasteiger partial charge in [0.15, 0.2) is 23.0 Å². The minimum Gasteiger partial charge on any atom is -0.504 e. The van der Waals surface area contributed by atoms with Crippen molar-refractivity contribution in [3.05, 3.63) is 41.5 Å². The highest BCUT2D eigenvalue weighted by Gasteiger charge is 2.13. The summed E-state index contributed by atoms with van der Waals surface area (Å²) in [6, 6.07) is 7.69. The van der Waals surface area contributed by atoms with Crippen molar-refractivity contribution in [2.24, 2.45) is 11.5 Å². The zero-order valence-corrected chi connectivity index (χ0v) is 12.1. The first-order valence-electron chi connectivity index (χ1n) is 7.00. The van der Waals surface area contributed by atoms with Crippen molar-refractivity contribution in [1.82, 2.24) is 0 Å².